The Kier molecular flexibility index (Phi) is 4.12. The summed E-state index contributed by atoms with van der Waals surface area (Å²) in [5.41, 5.74) is 4.11. The van der Waals surface area contributed by atoms with Crippen LogP contribution in [-0.2, 0) is 0 Å². The van der Waals surface area contributed by atoms with Gasteiger partial charge in [0.2, 0.25) is 0 Å². The van der Waals surface area contributed by atoms with Crippen molar-refractivity contribution in [2.75, 3.05) is 43.5 Å². The fourth-order valence-electron chi connectivity index (χ4n) is 4.01. The van der Waals surface area contributed by atoms with Crippen LogP contribution >= 0.6 is 0 Å². The van der Waals surface area contributed by atoms with E-state index in [-0.39, 0.29) is 0 Å². The van der Waals surface area contributed by atoms with Crippen LogP contribution in [0.5, 0.6) is 0 Å². The first-order valence-corrected chi connectivity index (χ1v) is 8.38. The summed E-state index contributed by atoms with van der Waals surface area (Å²) in [6, 6.07) is 8.41. The highest BCUT2D eigenvalue weighted by molar-refractivity contribution is 5.63. The molecule has 0 amide bonds. The number of anilines is 2. The van der Waals surface area contributed by atoms with Gasteiger partial charge in [0.15, 0.2) is 0 Å². The largest absolute Gasteiger partial charge is 0.377 e. The third-order valence-corrected chi connectivity index (χ3v) is 5.27. The van der Waals surface area contributed by atoms with Gasteiger partial charge in [-0.3, -0.25) is 4.90 Å². The van der Waals surface area contributed by atoms with Crippen LogP contribution in [0.2, 0.25) is 0 Å². The van der Waals surface area contributed by atoms with E-state index >= 15 is 0 Å². The Morgan fingerprint density at radius 1 is 1.24 bits per heavy atom. The van der Waals surface area contributed by atoms with Crippen LogP contribution in [0, 0.1) is 6.92 Å². The molecule has 2 unspecified atom stereocenters. The summed E-state index contributed by atoms with van der Waals surface area (Å²) in [7, 11) is 4.27. The Morgan fingerprint density at radius 3 is 2.76 bits per heavy atom. The van der Waals surface area contributed by atoms with E-state index in [4.69, 9.17) is 0 Å². The molecule has 2 fully saturated rings. The Labute approximate surface area is 129 Å². The molecule has 3 nitrogen and oxygen atoms in total. The second-order valence-electron chi connectivity index (χ2n) is 6.87. The molecule has 3 heteroatoms. The van der Waals surface area contributed by atoms with E-state index in [9.17, 15) is 0 Å². The fourth-order valence-corrected chi connectivity index (χ4v) is 4.01. The molecule has 0 saturated carbocycles. The molecule has 116 valence electrons. The van der Waals surface area contributed by atoms with Gasteiger partial charge in [0, 0.05) is 50.6 Å². The van der Waals surface area contributed by atoms with Gasteiger partial charge in [0.05, 0.1) is 0 Å². The highest BCUT2D eigenvalue weighted by Gasteiger charge is 2.35. The first-order chi connectivity index (χ1) is 10.1. The molecule has 0 bridgehead atoms. The number of aryl methyl sites for hydroxylation is 1. The zero-order chi connectivity index (χ0) is 15.0. The van der Waals surface area contributed by atoms with E-state index in [1.165, 1.54) is 55.8 Å². The summed E-state index contributed by atoms with van der Waals surface area (Å²) >= 11 is 0. The monoisotopic (exact) mass is 287 g/mol. The predicted octanol–water partition coefficient (Wildman–Crippen LogP) is 3.12. The van der Waals surface area contributed by atoms with Crippen molar-refractivity contribution in [3.63, 3.8) is 0 Å². The van der Waals surface area contributed by atoms with Crippen molar-refractivity contribution in [3.8, 4) is 0 Å². The molecule has 1 aromatic carbocycles. The lowest BCUT2D eigenvalue weighted by Crippen LogP contribution is -2.56. The van der Waals surface area contributed by atoms with Crippen molar-refractivity contribution in [3.05, 3.63) is 23.8 Å². The minimum atomic E-state index is 0.664. The predicted molar refractivity (Wildman–Crippen MR) is 91.5 cm³/mol. The maximum Gasteiger partial charge on any atom is 0.0415 e. The SMILES string of the molecule is CCC1CN2CCCC2CN1c1ccc(C)c(N(C)C)c1. The number of hydrogen-bond acceptors (Lipinski definition) is 3. The van der Waals surface area contributed by atoms with Crippen molar-refractivity contribution in [2.24, 2.45) is 0 Å². The number of piperazine rings is 1. The van der Waals surface area contributed by atoms with E-state index in [1.54, 1.807) is 0 Å². The number of rotatable bonds is 3. The molecule has 2 aliphatic rings. The summed E-state index contributed by atoms with van der Waals surface area (Å²) in [6.07, 6.45) is 3.99. The van der Waals surface area contributed by atoms with Crippen LogP contribution in [0.1, 0.15) is 31.7 Å². The van der Waals surface area contributed by atoms with Gasteiger partial charge >= 0.3 is 0 Å². The third-order valence-electron chi connectivity index (χ3n) is 5.27. The Morgan fingerprint density at radius 2 is 2.05 bits per heavy atom. The topological polar surface area (TPSA) is 9.72 Å². The molecule has 2 aliphatic heterocycles. The molecule has 2 saturated heterocycles. The Bertz CT molecular complexity index is 497. The van der Waals surface area contributed by atoms with Gasteiger partial charge in [0.1, 0.15) is 0 Å². The Hall–Kier alpha value is -1.22. The second-order valence-corrected chi connectivity index (χ2v) is 6.87. The van der Waals surface area contributed by atoms with Crippen LogP contribution in [0.4, 0.5) is 11.4 Å². The summed E-state index contributed by atoms with van der Waals surface area (Å²) in [6.45, 7) is 8.28. The molecule has 1 aromatic rings. The van der Waals surface area contributed by atoms with Gasteiger partial charge in [0.25, 0.3) is 0 Å². The lowest BCUT2D eigenvalue weighted by atomic mass is 10.0. The molecule has 21 heavy (non-hydrogen) atoms. The van der Waals surface area contributed by atoms with Crippen molar-refractivity contribution in [1.82, 2.24) is 4.90 Å². The fraction of sp³-hybridized carbons (Fsp3) is 0.667. The summed E-state index contributed by atoms with van der Waals surface area (Å²) in [5.74, 6) is 0. The van der Waals surface area contributed by atoms with Crippen molar-refractivity contribution >= 4 is 11.4 Å². The number of hydrogen-bond donors (Lipinski definition) is 0. The highest BCUT2D eigenvalue weighted by Crippen LogP contribution is 2.32. The number of fused-ring (bicyclic) bond motifs is 1. The highest BCUT2D eigenvalue weighted by atomic mass is 15.3. The van der Waals surface area contributed by atoms with E-state index in [0.29, 0.717) is 6.04 Å². The quantitative estimate of drug-likeness (QED) is 0.845. The van der Waals surface area contributed by atoms with Gasteiger partial charge in [-0.25, -0.2) is 0 Å². The number of nitrogens with zero attached hydrogens (tertiary/aromatic N) is 3. The summed E-state index contributed by atoms with van der Waals surface area (Å²) < 4.78 is 0. The third kappa shape index (κ3) is 2.76. The van der Waals surface area contributed by atoms with Gasteiger partial charge in [-0.05, 0) is 50.4 Å². The van der Waals surface area contributed by atoms with Crippen molar-refractivity contribution in [1.29, 1.82) is 0 Å². The summed E-state index contributed by atoms with van der Waals surface area (Å²) in [5, 5.41) is 0. The van der Waals surface area contributed by atoms with Crippen molar-refractivity contribution < 1.29 is 0 Å². The van der Waals surface area contributed by atoms with Crippen LogP contribution < -0.4 is 9.80 Å². The molecule has 0 radical (unpaired) electrons. The molecule has 3 rings (SSSR count). The molecular formula is C18H29N3. The number of benzene rings is 1. The Balaban J connectivity index is 1.88. The van der Waals surface area contributed by atoms with E-state index in [2.05, 4.69) is 60.8 Å². The van der Waals surface area contributed by atoms with Crippen molar-refractivity contribution in [2.45, 2.75) is 45.2 Å². The van der Waals surface area contributed by atoms with Gasteiger partial charge in [-0.2, -0.15) is 0 Å². The minimum absolute atomic E-state index is 0.664. The average molecular weight is 287 g/mol. The minimum Gasteiger partial charge on any atom is -0.377 e. The average Bonchev–Trinajstić information content (AvgIpc) is 2.93. The first kappa shape index (κ1) is 14.7. The molecule has 0 N–H and O–H groups in total. The van der Waals surface area contributed by atoms with E-state index in [0.717, 1.165) is 6.04 Å². The van der Waals surface area contributed by atoms with E-state index < -0.39 is 0 Å². The zero-order valence-electron chi connectivity index (χ0n) is 14.0. The summed E-state index contributed by atoms with van der Waals surface area (Å²) in [4.78, 5) is 7.61. The van der Waals surface area contributed by atoms with Gasteiger partial charge < -0.3 is 9.80 Å². The lowest BCUT2D eigenvalue weighted by Gasteiger charge is -2.45. The maximum absolute atomic E-state index is 2.71. The van der Waals surface area contributed by atoms with E-state index in [1.807, 2.05) is 0 Å². The maximum atomic E-state index is 2.71. The molecule has 2 heterocycles. The van der Waals surface area contributed by atoms with Crippen LogP contribution in [0.25, 0.3) is 0 Å². The molecule has 0 aliphatic carbocycles. The van der Waals surface area contributed by atoms with Crippen LogP contribution in [0.3, 0.4) is 0 Å². The van der Waals surface area contributed by atoms with Crippen LogP contribution in [-0.4, -0.2) is 50.7 Å². The second kappa shape index (κ2) is 5.88. The molecule has 0 spiro atoms. The zero-order valence-corrected chi connectivity index (χ0v) is 14.0. The van der Waals surface area contributed by atoms with Gasteiger partial charge in [-0.15, -0.1) is 0 Å². The smallest absolute Gasteiger partial charge is 0.0415 e. The molecule has 2 atom stereocenters. The lowest BCUT2D eigenvalue weighted by molar-refractivity contribution is 0.195. The standard InChI is InChI=1S/C18H29N3/c1-5-15-12-20-10-6-7-17(20)13-21(15)16-9-8-14(2)18(11-16)19(3)4/h8-9,11,15,17H,5-7,10,12-13H2,1-4H3. The first-order valence-electron chi connectivity index (χ1n) is 8.38. The normalized spacial score (nSPS) is 26.0. The van der Waals surface area contributed by atoms with Crippen LogP contribution in [0.15, 0.2) is 18.2 Å². The van der Waals surface area contributed by atoms with Gasteiger partial charge in [-0.1, -0.05) is 13.0 Å². The molecule has 0 aromatic heterocycles. The molecular weight excluding hydrogens is 258 g/mol.